The van der Waals surface area contributed by atoms with E-state index in [-0.39, 0.29) is 12.5 Å². The van der Waals surface area contributed by atoms with Gasteiger partial charge in [0.1, 0.15) is 0 Å². The molecule has 1 saturated heterocycles. The summed E-state index contributed by atoms with van der Waals surface area (Å²) in [5.41, 5.74) is 0. The lowest BCUT2D eigenvalue weighted by molar-refractivity contribution is -0.155. The number of nitrogens with zero attached hydrogens (tertiary/aromatic N) is 1. The molecule has 2 N–H and O–H groups in total. The van der Waals surface area contributed by atoms with Crippen LogP contribution in [0.1, 0.15) is 38.5 Å². The number of carboxylic acids is 2. The van der Waals surface area contributed by atoms with Crippen LogP contribution in [0.15, 0.2) is 0 Å². The zero-order chi connectivity index (χ0) is 14.7. The molecule has 0 aromatic carbocycles. The minimum Gasteiger partial charge on any atom is -0.481 e. The van der Waals surface area contributed by atoms with Crippen LogP contribution in [0.25, 0.3) is 0 Å². The lowest BCUT2D eigenvalue weighted by Crippen LogP contribution is -2.47. The van der Waals surface area contributed by atoms with Gasteiger partial charge in [-0.05, 0) is 25.7 Å². The topological polar surface area (TPSA) is 94.9 Å². The zero-order valence-corrected chi connectivity index (χ0v) is 11.5. The molecule has 0 aromatic heterocycles. The van der Waals surface area contributed by atoms with E-state index >= 15 is 0 Å². The van der Waals surface area contributed by atoms with Gasteiger partial charge in [-0.15, -0.1) is 0 Å². The second-order valence-electron chi connectivity index (χ2n) is 5.80. The first-order chi connectivity index (χ1) is 9.50. The van der Waals surface area contributed by atoms with Crippen LogP contribution >= 0.6 is 0 Å². The molecule has 2 fully saturated rings. The van der Waals surface area contributed by atoms with Crippen molar-refractivity contribution in [2.24, 2.45) is 17.8 Å². The third-order valence-corrected chi connectivity index (χ3v) is 4.48. The molecule has 6 heteroatoms. The van der Waals surface area contributed by atoms with E-state index in [0.717, 1.165) is 12.8 Å². The highest BCUT2D eigenvalue weighted by Gasteiger charge is 2.39. The van der Waals surface area contributed by atoms with Crippen molar-refractivity contribution < 1.29 is 24.6 Å². The number of hydrogen-bond donors (Lipinski definition) is 2. The van der Waals surface area contributed by atoms with Crippen LogP contribution in [0, 0.1) is 17.8 Å². The first-order valence-corrected chi connectivity index (χ1v) is 7.25. The summed E-state index contributed by atoms with van der Waals surface area (Å²) in [6.45, 7) is 0.766. The largest absolute Gasteiger partial charge is 0.481 e. The van der Waals surface area contributed by atoms with Gasteiger partial charge in [-0.3, -0.25) is 14.4 Å². The van der Waals surface area contributed by atoms with Crippen molar-refractivity contribution in [3.8, 4) is 0 Å². The number of rotatable bonds is 3. The lowest BCUT2D eigenvalue weighted by Gasteiger charge is -2.36. The summed E-state index contributed by atoms with van der Waals surface area (Å²) < 4.78 is 0. The molecule has 6 nitrogen and oxygen atoms in total. The smallest absolute Gasteiger partial charge is 0.308 e. The van der Waals surface area contributed by atoms with Gasteiger partial charge in [-0.2, -0.15) is 0 Å². The Morgan fingerprint density at radius 2 is 1.50 bits per heavy atom. The van der Waals surface area contributed by atoms with Crippen molar-refractivity contribution in [2.45, 2.75) is 38.5 Å². The monoisotopic (exact) mass is 283 g/mol. The fourth-order valence-corrected chi connectivity index (χ4v) is 3.34. The first-order valence-electron chi connectivity index (χ1n) is 7.25. The van der Waals surface area contributed by atoms with Crippen LogP contribution < -0.4 is 0 Å². The summed E-state index contributed by atoms with van der Waals surface area (Å²) in [4.78, 5) is 36.4. The van der Waals surface area contributed by atoms with Gasteiger partial charge in [0.15, 0.2) is 0 Å². The highest BCUT2D eigenvalue weighted by molar-refractivity contribution is 5.85. The zero-order valence-electron chi connectivity index (χ0n) is 11.5. The standard InChI is InChI=1S/C14H21NO5/c16-12(10-5-1-2-6-11(10)14(19)20)15-7-3-4-9(8-15)13(17)18/h9-11H,1-8H2,(H,17,18)(H,19,20). The Hall–Kier alpha value is -1.59. The molecule has 3 unspecified atom stereocenters. The fraction of sp³-hybridized carbons (Fsp3) is 0.786. The molecule has 2 aliphatic rings. The third-order valence-electron chi connectivity index (χ3n) is 4.48. The Bertz CT molecular complexity index is 408. The summed E-state index contributed by atoms with van der Waals surface area (Å²) in [5.74, 6) is -3.55. The van der Waals surface area contributed by atoms with Crippen LogP contribution in [0.2, 0.25) is 0 Å². The second-order valence-corrected chi connectivity index (χ2v) is 5.80. The molecule has 1 aliphatic heterocycles. The Morgan fingerprint density at radius 3 is 2.10 bits per heavy atom. The molecule has 0 spiro atoms. The lowest BCUT2D eigenvalue weighted by atomic mass is 9.78. The quantitative estimate of drug-likeness (QED) is 0.811. The highest BCUT2D eigenvalue weighted by atomic mass is 16.4. The Balaban J connectivity index is 2.05. The molecule has 1 amide bonds. The van der Waals surface area contributed by atoms with E-state index in [0.29, 0.717) is 32.2 Å². The van der Waals surface area contributed by atoms with Gasteiger partial charge in [0, 0.05) is 13.1 Å². The van der Waals surface area contributed by atoms with E-state index < -0.39 is 29.7 Å². The van der Waals surface area contributed by atoms with Crippen molar-refractivity contribution in [2.75, 3.05) is 13.1 Å². The van der Waals surface area contributed by atoms with E-state index in [9.17, 15) is 19.5 Å². The molecule has 1 heterocycles. The predicted molar refractivity (Wildman–Crippen MR) is 70.0 cm³/mol. The SMILES string of the molecule is O=C(O)C1CCCN(C(=O)C2CCCCC2C(=O)O)C1. The number of likely N-dealkylation sites (tertiary alicyclic amines) is 1. The molecular weight excluding hydrogens is 262 g/mol. The summed E-state index contributed by atoms with van der Waals surface area (Å²) in [7, 11) is 0. The molecule has 0 aromatic rings. The molecule has 3 atom stereocenters. The number of carboxylic acid groups (broad SMARTS) is 2. The van der Waals surface area contributed by atoms with Gasteiger partial charge in [0.25, 0.3) is 0 Å². The minimum atomic E-state index is -0.908. The number of carbonyl (C=O) groups excluding carboxylic acids is 1. The molecule has 20 heavy (non-hydrogen) atoms. The second kappa shape index (κ2) is 6.24. The first kappa shape index (κ1) is 14.8. The van der Waals surface area contributed by atoms with E-state index in [1.54, 1.807) is 4.90 Å². The average molecular weight is 283 g/mol. The van der Waals surface area contributed by atoms with Gasteiger partial charge < -0.3 is 15.1 Å². The van der Waals surface area contributed by atoms with Gasteiger partial charge >= 0.3 is 11.9 Å². The van der Waals surface area contributed by atoms with Crippen molar-refractivity contribution in [1.29, 1.82) is 0 Å². The van der Waals surface area contributed by atoms with Crippen LogP contribution in [-0.2, 0) is 14.4 Å². The third kappa shape index (κ3) is 3.11. The van der Waals surface area contributed by atoms with E-state index in [2.05, 4.69) is 0 Å². The maximum Gasteiger partial charge on any atom is 0.308 e. The van der Waals surface area contributed by atoms with Crippen molar-refractivity contribution in [3.63, 3.8) is 0 Å². The van der Waals surface area contributed by atoms with Crippen LogP contribution in [0.4, 0.5) is 0 Å². The van der Waals surface area contributed by atoms with E-state index in [1.807, 2.05) is 0 Å². The van der Waals surface area contributed by atoms with Gasteiger partial charge in [0.05, 0.1) is 17.8 Å². The molecular formula is C14H21NO5. The van der Waals surface area contributed by atoms with Crippen molar-refractivity contribution in [1.82, 2.24) is 4.90 Å². The molecule has 0 bridgehead atoms. The minimum absolute atomic E-state index is 0.164. The Morgan fingerprint density at radius 1 is 0.850 bits per heavy atom. The van der Waals surface area contributed by atoms with Gasteiger partial charge in [-0.1, -0.05) is 12.8 Å². The van der Waals surface area contributed by atoms with Crippen LogP contribution in [-0.4, -0.2) is 46.0 Å². The van der Waals surface area contributed by atoms with Crippen molar-refractivity contribution in [3.05, 3.63) is 0 Å². The fourth-order valence-electron chi connectivity index (χ4n) is 3.34. The van der Waals surface area contributed by atoms with Gasteiger partial charge in [-0.25, -0.2) is 0 Å². The van der Waals surface area contributed by atoms with Crippen molar-refractivity contribution >= 4 is 17.8 Å². The number of amides is 1. The van der Waals surface area contributed by atoms with Gasteiger partial charge in [0.2, 0.25) is 5.91 Å². The molecule has 2 rings (SSSR count). The van der Waals surface area contributed by atoms with E-state index in [4.69, 9.17) is 5.11 Å². The maximum atomic E-state index is 12.5. The summed E-state index contributed by atoms with van der Waals surface area (Å²) in [6, 6.07) is 0. The van der Waals surface area contributed by atoms with Crippen LogP contribution in [0.5, 0.6) is 0 Å². The molecule has 1 aliphatic carbocycles. The molecule has 1 saturated carbocycles. The summed E-state index contributed by atoms with van der Waals surface area (Å²) in [5, 5.41) is 18.3. The molecule has 112 valence electrons. The summed E-state index contributed by atoms with van der Waals surface area (Å²) in [6.07, 6.45) is 4.13. The number of piperidine rings is 1. The predicted octanol–water partition coefficient (Wildman–Crippen LogP) is 1.20. The van der Waals surface area contributed by atoms with E-state index in [1.165, 1.54) is 0 Å². The number of carbonyl (C=O) groups is 3. The average Bonchev–Trinajstić information content (AvgIpc) is 2.46. The highest BCUT2D eigenvalue weighted by Crippen LogP contribution is 2.32. The summed E-state index contributed by atoms with van der Waals surface area (Å²) >= 11 is 0. The number of aliphatic carboxylic acids is 2. The normalized spacial score (nSPS) is 30.8. The van der Waals surface area contributed by atoms with Crippen LogP contribution in [0.3, 0.4) is 0 Å². The number of hydrogen-bond acceptors (Lipinski definition) is 3. The maximum absolute atomic E-state index is 12.5. The Labute approximate surface area is 117 Å². The molecule has 0 radical (unpaired) electrons. The Kier molecular flexibility index (Phi) is 4.62.